The van der Waals surface area contributed by atoms with Gasteiger partial charge in [0.15, 0.2) is 0 Å². The number of amides is 2. The van der Waals surface area contributed by atoms with Crippen LogP contribution in [0.1, 0.15) is 29.6 Å². The molecule has 0 aromatic heterocycles. The number of nitrogens with two attached hydrogens (primary N) is 1. The highest BCUT2D eigenvalue weighted by molar-refractivity contribution is 7.87. The van der Waals surface area contributed by atoms with Gasteiger partial charge in [-0.1, -0.05) is 6.07 Å². The number of carbonyl (C=O) groups is 2. The van der Waals surface area contributed by atoms with Crippen LogP contribution < -0.4 is 15.2 Å². The van der Waals surface area contributed by atoms with Crippen LogP contribution in [0.2, 0.25) is 0 Å². The maximum Gasteiger partial charge on any atom is 0.339 e. The van der Waals surface area contributed by atoms with E-state index in [1.54, 1.807) is 0 Å². The van der Waals surface area contributed by atoms with Crippen LogP contribution in [0.15, 0.2) is 53.4 Å². The fraction of sp³-hybridized carbons (Fsp3) is 0.364. The highest BCUT2D eigenvalue weighted by Gasteiger charge is 2.23. The zero-order valence-corrected chi connectivity index (χ0v) is 19.2. The number of piperidine rings is 1. The number of rotatable bonds is 10. The van der Waals surface area contributed by atoms with Crippen LogP contribution in [0.3, 0.4) is 0 Å². The lowest BCUT2D eigenvalue weighted by atomic mass is 9.97. The van der Waals surface area contributed by atoms with Gasteiger partial charge in [0.05, 0.1) is 10.8 Å². The van der Waals surface area contributed by atoms with Gasteiger partial charge in [-0.05, 0) is 62.7 Å². The molecule has 34 heavy (non-hydrogen) atoms. The largest absolute Gasteiger partial charge is 0.379 e. The Labute approximate surface area is 197 Å². The summed E-state index contributed by atoms with van der Waals surface area (Å²) in [5, 5.41) is 13.7. The van der Waals surface area contributed by atoms with Crippen molar-refractivity contribution in [2.45, 2.75) is 24.2 Å². The molecule has 0 radical (unpaired) electrons. The van der Waals surface area contributed by atoms with Gasteiger partial charge in [0.1, 0.15) is 10.6 Å². The first kappa shape index (κ1) is 25.1. The number of nitro benzene ring substituents is 1. The topological polar surface area (TPSA) is 162 Å². The smallest absolute Gasteiger partial charge is 0.339 e. The lowest BCUT2D eigenvalue weighted by Crippen LogP contribution is -2.42. The van der Waals surface area contributed by atoms with E-state index < -0.39 is 15.0 Å². The van der Waals surface area contributed by atoms with Crippen molar-refractivity contribution in [2.24, 2.45) is 11.7 Å². The highest BCUT2D eigenvalue weighted by atomic mass is 32.2. The minimum atomic E-state index is -4.28. The maximum atomic E-state index is 12.4. The van der Waals surface area contributed by atoms with Crippen LogP contribution in [0.4, 0.5) is 5.69 Å². The van der Waals surface area contributed by atoms with Gasteiger partial charge < -0.3 is 20.1 Å². The minimum absolute atomic E-state index is 0.0304. The highest BCUT2D eigenvalue weighted by Crippen LogP contribution is 2.22. The third-order valence-electron chi connectivity index (χ3n) is 5.48. The summed E-state index contributed by atoms with van der Waals surface area (Å²) in [6.45, 7) is 2.73. The van der Waals surface area contributed by atoms with Crippen LogP contribution in [0.5, 0.6) is 5.75 Å². The Kier molecular flexibility index (Phi) is 8.18. The first-order valence-electron chi connectivity index (χ1n) is 10.7. The van der Waals surface area contributed by atoms with Crippen molar-refractivity contribution < 1.29 is 27.1 Å². The van der Waals surface area contributed by atoms with Crippen LogP contribution in [0.25, 0.3) is 0 Å². The van der Waals surface area contributed by atoms with Gasteiger partial charge in [-0.2, -0.15) is 8.42 Å². The fourth-order valence-electron chi connectivity index (χ4n) is 3.69. The van der Waals surface area contributed by atoms with Crippen molar-refractivity contribution in [2.75, 3.05) is 26.2 Å². The second-order valence-electron chi connectivity index (χ2n) is 7.97. The van der Waals surface area contributed by atoms with Gasteiger partial charge in [0.2, 0.25) is 5.91 Å². The normalized spacial score (nSPS) is 16.5. The Morgan fingerprint density at radius 3 is 2.62 bits per heavy atom. The average Bonchev–Trinajstić information content (AvgIpc) is 2.82. The lowest BCUT2D eigenvalue weighted by molar-refractivity contribution is -0.385. The predicted molar refractivity (Wildman–Crippen MR) is 123 cm³/mol. The van der Waals surface area contributed by atoms with Crippen molar-refractivity contribution in [3.05, 3.63) is 64.2 Å². The Hall–Kier alpha value is -3.51. The van der Waals surface area contributed by atoms with Crippen molar-refractivity contribution in [1.82, 2.24) is 10.2 Å². The SMILES string of the molecule is NC(=O)C1CCCN(CCCNC(=O)c2ccc(OS(=O)(=O)c3cccc([N+](=O)[O-])c3)cc2)C1. The molecule has 1 atom stereocenters. The summed E-state index contributed by atoms with van der Waals surface area (Å²) in [5.74, 6) is -0.743. The van der Waals surface area contributed by atoms with Crippen LogP contribution in [0, 0.1) is 16.0 Å². The van der Waals surface area contributed by atoms with Gasteiger partial charge in [0.25, 0.3) is 11.6 Å². The first-order chi connectivity index (χ1) is 16.2. The number of benzene rings is 2. The van der Waals surface area contributed by atoms with E-state index in [0.717, 1.165) is 32.0 Å². The summed E-state index contributed by atoms with van der Waals surface area (Å²) in [4.78, 5) is 35.7. The molecule has 1 fully saturated rings. The molecule has 0 spiro atoms. The monoisotopic (exact) mass is 490 g/mol. The number of non-ortho nitro benzene ring substituents is 1. The quantitative estimate of drug-likeness (QED) is 0.220. The molecular formula is C22H26N4O7S. The number of likely N-dealkylation sites (tertiary alicyclic amines) is 1. The molecule has 3 N–H and O–H groups in total. The molecule has 3 rings (SSSR count). The summed E-state index contributed by atoms with van der Waals surface area (Å²) in [6, 6.07) is 10.1. The molecule has 1 aliphatic heterocycles. The number of carbonyl (C=O) groups excluding carboxylic acids is 2. The van der Waals surface area contributed by atoms with Gasteiger partial charge in [-0.3, -0.25) is 19.7 Å². The second kappa shape index (κ2) is 11.1. The molecular weight excluding hydrogens is 464 g/mol. The molecule has 1 aliphatic rings. The predicted octanol–water partition coefficient (Wildman–Crippen LogP) is 1.68. The molecule has 0 aliphatic carbocycles. The van der Waals surface area contributed by atoms with E-state index in [9.17, 15) is 28.1 Å². The first-order valence-corrected chi connectivity index (χ1v) is 12.2. The fourth-order valence-corrected chi connectivity index (χ4v) is 4.66. The molecule has 2 aromatic carbocycles. The zero-order valence-electron chi connectivity index (χ0n) is 18.4. The number of primary amides is 1. The van der Waals surface area contributed by atoms with E-state index in [1.165, 1.54) is 42.5 Å². The molecule has 1 heterocycles. The molecule has 12 heteroatoms. The van der Waals surface area contributed by atoms with Crippen molar-refractivity contribution in [3.63, 3.8) is 0 Å². The second-order valence-corrected chi connectivity index (χ2v) is 9.51. The van der Waals surface area contributed by atoms with E-state index in [-0.39, 0.29) is 34.1 Å². The summed E-state index contributed by atoms with van der Waals surface area (Å²) < 4.78 is 29.8. The number of nitrogens with zero attached hydrogens (tertiary/aromatic N) is 2. The minimum Gasteiger partial charge on any atom is -0.379 e. The van der Waals surface area contributed by atoms with Gasteiger partial charge in [-0.25, -0.2) is 0 Å². The van der Waals surface area contributed by atoms with E-state index in [4.69, 9.17) is 9.92 Å². The Morgan fingerprint density at radius 2 is 1.94 bits per heavy atom. The van der Waals surface area contributed by atoms with Crippen LogP contribution >= 0.6 is 0 Å². The molecule has 0 bridgehead atoms. The van der Waals surface area contributed by atoms with Crippen molar-refractivity contribution in [3.8, 4) is 5.75 Å². The van der Waals surface area contributed by atoms with Crippen molar-refractivity contribution in [1.29, 1.82) is 0 Å². The third-order valence-corrected chi connectivity index (χ3v) is 6.73. The molecule has 182 valence electrons. The average molecular weight is 491 g/mol. The Bertz CT molecular complexity index is 1150. The molecule has 1 unspecified atom stereocenters. The van der Waals surface area contributed by atoms with Crippen LogP contribution in [-0.4, -0.2) is 56.2 Å². The van der Waals surface area contributed by atoms with E-state index in [0.29, 0.717) is 25.1 Å². The number of nitro groups is 1. The Morgan fingerprint density at radius 1 is 1.21 bits per heavy atom. The standard InChI is InChI=1S/C22H26N4O7S/c23-21(27)17-4-2-12-25(15-17)13-3-11-24-22(28)16-7-9-19(10-8-16)33-34(31,32)20-6-1-5-18(14-20)26(29)30/h1,5-10,14,17H,2-4,11-13,15H2,(H2,23,27)(H,24,28). The summed E-state index contributed by atoms with van der Waals surface area (Å²) >= 11 is 0. The maximum absolute atomic E-state index is 12.4. The molecule has 1 saturated heterocycles. The summed E-state index contributed by atoms with van der Waals surface area (Å²) in [7, 11) is -4.28. The summed E-state index contributed by atoms with van der Waals surface area (Å²) in [6.07, 6.45) is 2.44. The molecule has 2 aromatic rings. The lowest BCUT2D eigenvalue weighted by Gasteiger charge is -2.31. The summed E-state index contributed by atoms with van der Waals surface area (Å²) in [5.41, 5.74) is 5.34. The molecule has 0 saturated carbocycles. The molecule has 11 nitrogen and oxygen atoms in total. The van der Waals surface area contributed by atoms with E-state index >= 15 is 0 Å². The van der Waals surface area contributed by atoms with E-state index in [1.807, 2.05) is 0 Å². The van der Waals surface area contributed by atoms with Gasteiger partial charge >= 0.3 is 10.1 Å². The van der Waals surface area contributed by atoms with E-state index in [2.05, 4.69) is 10.2 Å². The van der Waals surface area contributed by atoms with Crippen molar-refractivity contribution >= 4 is 27.6 Å². The Balaban J connectivity index is 1.49. The number of nitrogens with one attached hydrogen (secondary N) is 1. The third kappa shape index (κ3) is 6.75. The number of hydrogen-bond donors (Lipinski definition) is 2. The zero-order chi connectivity index (χ0) is 24.7. The van der Waals surface area contributed by atoms with Gasteiger partial charge in [0, 0.05) is 30.8 Å². The molecule has 2 amide bonds. The number of hydrogen-bond acceptors (Lipinski definition) is 8. The van der Waals surface area contributed by atoms with Gasteiger partial charge in [-0.15, -0.1) is 0 Å². The van der Waals surface area contributed by atoms with Crippen LogP contribution in [-0.2, 0) is 14.9 Å².